The van der Waals surface area contributed by atoms with Crippen LogP contribution in [0.5, 0.6) is 0 Å². The minimum Gasteiger partial charge on any atom is -0.252 e. The van der Waals surface area contributed by atoms with Crippen molar-refractivity contribution >= 4 is 12.8 Å². The zero-order chi connectivity index (χ0) is 7.19. The summed E-state index contributed by atoms with van der Waals surface area (Å²) >= 11 is 4.30. The Labute approximate surface area is 68.3 Å². The monoisotopic (exact) mass is 157 g/mol. The van der Waals surface area contributed by atoms with Crippen LogP contribution in [0.4, 0.5) is 0 Å². The highest BCUT2D eigenvalue weighted by Gasteiger charge is 2.45. The van der Waals surface area contributed by atoms with E-state index in [0.717, 1.165) is 5.92 Å². The van der Waals surface area contributed by atoms with Crippen LogP contribution in [0.25, 0.3) is 0 Å². The van der Waals surface area contributed by atoms with Crippen LogP contribution in [0.3, 0.4) is 0 Å². The molecule has 58 valence electrons. The first kappa shape index (κ1) is 6.99. The molecule has 1 nitrogen and oxygen atoms in total. The van der Waals surface area contributed by atoms with E-state index >= 15 is 0 Å². The lowest BCUT2D eigenvalue weighted by Crippen LogP contribution is -2.50. The molecule has 1 unspecified atom stereocenters. The third-order valence-corrected chi connectivity index (χ3v) is 3.27. The van der Waals surface area contributed by atoms with Crippen molar-refractivity contribution in [3.05, 3.63) is 0 Å². The summed E-state index contributed by atoms with van der Waals surface area (Å²) in [5.41, 5.74) is 0.709. The fraction of sp³-hybridized carbons (Fsp3) is 1.00. The first-order valence-electron chi connectivity index (χ1n) is 4.14. The van der Waals surface area contributed by atoms with Gasteiger partial charge < -0.3 is 0 Å². The molecule has 0 amide bonds. The van der Waals surface area contributed by atoms with Gasteiger partial charge in [0.1, 0.15) is 0 Å². The summed E-state index contributed by atoms with van der Waals surface area (Å²) in [6.45, 7) is 4.84. The largest absolute Gasteiger partial charge is 0.252 e. The quantitative estimate of drug-likeness (QED) is 0.526. The summed E-state index contributed by atoms with van der Waals surface area (Å²) in [5, 5.41) is 0. The van der Waals surface area contributed by atoms with E-state index in [4.69, 9.17) is 0 Å². The fourth-order valence-electron chi connectivity index (χ4n) is 2.51. The molecule has 0 aromatic rings. The van der Waals surface area contributed by atoms with Crippen LogP contribution in [0.1, 0.15) is 26.2 Å². The van der Waals surface area contributed by atoms with Gasteiger partial charge in [-0.3, -0.25) is 4.31 Å². The average Bonchev–Trinajstić information content (AvgIpc) is 2.10. The van der Waals surface area contributed by atoms with E-state index in [1.165, 1.54) is 32.4 Å². The van der Waals surface area contributed by atoms with Crippen molar-refractivity contribution in [3.63, 3.8) is 0 Å². The van der Waals surface area contributed by atoms with Gasteiger partial charge in [-0.1, -0.05) is 26.2 Å². The minimum absolute atomic E-state index is 0.709. The predicted molar refractivity (Wildman–Crippen MR) is 46.0 cm³/mol. The fourth-order valence-corrected chi connectivity index (χ4v) is 3.11. The van der Waals surface area contributed by atoms with E-state index in [9.17, 15) is 0 Å². The summed E-state index contributed by atoms with van der Waals surface area (Å²) in [6, 6.07) is 0. The number of hydrogen-bond acceptors (Lipinski definition) is 2. The maximum Gasteiger partial charge on any atom is 0.0157 e. The molecular weight excluding hydrogens is 142 g/mol. The van der Waals surface area contributed by atoms with E-state index in [0.29, 0.717) is 5.41 Å². The van der Waals surface area contributed by atoms with Gasteiger partial charge in [-0.25, -0.2) is 0 Å². The highest BCUT2D eigenvalue weighted by atomic mass is 32.1. The number of thiol groups is 1. The molecule has 1 aliphatic carbocycles. The molecule has 10 heavy (non-hydrogen) atoms. The van der Waals surface area contributed by atoms with E-state index in [1.807, 2.05) is 0 Å². The van der Waals surface area contributed by atoms with E-state index in [2.05, 4.69) is 24.0 Å². The molecule has 1 aliphatic heterocycles. The molecule has 2 rings (SSSR count). The van der Waals surface area contributed by atoms with Crippen LogP contribution < -0.4 is 0 Å². The van der Waals surface area contributed by atoms with Gasteiger partial charge in [0.15, 0.2) is 0 Å². The average molecular weight is 157 g/mol. The Morgan fingerprint density at radius 3 is 2.60 bits per heavy atom. The molecule has 2 aliphatic rings. The highest BCUT2D eigenvalue weighted by Crippen LogP contribution is 2.48. The van der Waals surface area contributed by atoms with Crippen LogP contribution in [0, 0.1) is 11.3 Å². The third kappa shape index (κ3) is 0.978. The molecule has 0 radical (unpaired) electrons. The van der Waals surface area contributed by atoms with Crippen LogP contribution in [0.2, 0.25) is 0 Å². The summed E-state index contributed by atoms with van der Waals surface area (Å²) in [5.74, 6) is 0.974. The van der Waals surface area contributed by atoms with Gasteiger partial charge in [0.05, 0.1) is 0 Å². The van der Waals surface area contributed by atoms with Gasteiger partial charge in [0.2, 0.25) is 0 Å². The van der Waals surface area contributed by atoms with Crippen molar-refractivity contribution < 1.29 is 0 Å². The van der Waals surface area contributed by atoms with E-state index in [1.54, 1.807) is 0 Å². The van der Waals surface area contributed by atoms with E-state index < -0.39 is 0 Å². The summed E-state index contributed by atoms with van der Waals surface area (Å²) in [4.78, 5) is 0. The zero-order valence-corrected chi connectivity index (χ0v) is 7.40. The molecule has 0 N–H and O–H groups in total. The molecule has 0 bridgehead atoms. The van der Waals surface area contributed by atoms with Crippen molar-refractivity contribution in [1.29, 1.82) is 0 Å². The summed E-state index contributed by atoms with van der Waals surface area (Å²) in [6.07, 6.45) is 4.34. The summed E-state index contributed by atoms with van der Waals surface area (Å²) < 4.78 is 2.14. The summed E-state index contributed by atoms with van der Waals surface area (Å²) in [7, 11) is 0. The zero-order valence-electron chi connectivity index (χ0n) is 6.51. The van der Waals surface area contributed by atoms with Crippen molar-refractivity contribution in [2.75, 3.05) is 13.1 Å². The van der Waals surface area contributed by atoms with Gasteiger partial charge in [-0.15, -0.1) is 0 Å². The second kappa shape index (κ2) is 2.15. The first-order valence-corrected chi connectivity index (χ1v) is 4.54. The molecular formula is C8H15NS. The van der Waals surface area contributed by atoms with Gasteiger partial charge in [-0.2, -0.15) is 0 Å². The highest BCUT2D eigenvalue weighted by molar-refractivity contribution is 7.77. The lowest BCUT2D eigenvalue weighted by molar-refractivity contribution is 0.0860. The van der Waals surface area contributed by atoms with E-state index in [-0.39, 0.29) is 0 Å². The topological polar surface area (TPSA) is 3.24 Å². The molecule has 2 heteroatoms. The molecule has 1 saturated heterocycles. The van der Waals surface area contributed by atoms with Crippen molar-refractivity contribution in [2.24, 2.45) is 11.3 Å². The Morgan fingerprint density at radius 2 is 2.20 bits per heavy atom. The van der Waals surface area contributed by atoms with Gasteiger partial charge in [0, 0.05) is 13.1 Å². The lowest BCUT2D eigenvalue weighted by Gasteiger charge is -2.45. The molecule has 2 fully saturated rings. The van der Waals surface area contributed by atoms with Gasteiger partial charge in [0.25, 0.3) is 0 Å². The Bertz CT molecular complexity index is 135. The first-order chi connectivity index (χ1) is 4.70. The number of rotatable bonds is 0. The molecule has 0 aromatic heterocycles. The standard InChI is InChI=1S/C8H15NS/c1-7-2-3-8(4-7)5-9(10)6-8/h7,10H,2-6H2,1H3. The predicted octanol–water partition coefficient (Wildman–Crippen LogP) is 1.95. The van der Waals surface area contributed by atoms with Crippen molar-refractivity contribution in [3.8, 4) is 0 Å². The SMILES string of the molecule is CC1CCC2(C1)CN(S)C2. The second-order valence-electron chi connectivity index (χ2n) is 4.17. The van der Waals surface area contributed by atoms with Gasteiger partial charge in [-0.05, 0) is 24.2 Å². The maximum absolute atomic E-state index is 4.30. The Hall–Kier alpha value is 0.310. The third-order valence-electron chi connectivity index (χ3n) is 2.98. The maximum atomic E-state index is 4.30. The van der Waals surface area contributed by atoms with Crippen molar-refractivity contribution in [1.82, 2.24) is 4.31 Å². The number of hydrogen-bond donors (Lipinski definition) is 1. The minimum atomic E-state index is 0.709. The normalized spacial score (nSPS) is 38.4. The molecule has 1 atom stereocenters. The Kier molecular flexibility index (Phi) is 1.50. The smallest absolute Gasteiger partial charge is 0.0157 e. The lowest BCUT2D eigenvalue weighted by atomic mass is 9.79. The Balaban J connectivity index is 1.95. The van der Waals surface area contributed by atoms with Gasteiger partial charge >= 0.3 is 0 Å². The second-order valence-corrected chi connectivity index (χ2v) is 4.74. The van der Waals surface area contributed by atoms with Crippen molar-refractivity contribution in [2.45, 2.75) is 26.2 Å². The molecule has 1 heterocycles. The van der Waals surface area contributed by atoms with Crippen LogP contribution in [0.15, 0.2) is 0 Å². The molecule has 1 saturated carbocycles. The molecule has 1 spiro atoms. The molecule has 0 aromatic carbocycles. The Morgan fingerprint density at radius 1 is 1.50 bits per heavy atom. The van der Waals surface area contributed by atoms with Crippen LogP contribution >= 0.6 is 12.8 Å². The van der Waals surface area contributed by atoms with Crippen LogP contribution in [-0.2, 0) is 0 Å². The van der Waals surface area contributed by atoms with Crippen LogP contribution in [-0.4, -0.2) is 17.4 Å². The number of nitrogens with zero attached hydrogens (tertiary/aromatic N) is 1.